The smallest absolute Gasteiger partial charge is 0.133 e. The number of hydrogen-bond acceptors (Lipinski definition) is 4. The van der Waals surface area contributed by atoms with Crippen molar-refractivity contribution in [3.05, 3.63) is 54.1 Å². The molecule has 0 saturated heterocycles. The Kier molecular flexibility index (Phi) is 7.88. The maximum absolute atomic E-state index is 13.0. The van der Waals surface area contributed by atoms with Crippen molar-refractivity contribution < 1.29 is 28.5 Å². The van der Waals surface area contributed by atoms with Crippen LogP contribution in [-0.2, 0) is 0 Å². The van der Waals surface area contributed by atoms with Crippen molar-refractivity contribution in [2.45, 2.75) is 6.92 Å². The molecule has 0 aliphatic carbocycles. The van der Waals surface area contributed by atoms with E-state index in [4.69, 9.17) is 19.7 Å². The zero-order valence-corrected chi connectivity index (χ0v) is 12.1. The monoisotopic (exact) mass is 312 g/mol. The molecule has 22 heavy (non-hydrogen) atoms. The Morgan fingerprint density at radius 1 is 0.864 bits per heavy atom. The van der Waals surface area contributed by atoms with Crippen LogP contribution in [0, 0.1) is 11.6 Å². The first-order valence-corrected chi connectivity index (χ1v) is 6.67. The van der Waals surface area contributed by atoms with Gasteiger partial charge in [-0.3, -0.25) is 0 Å². The summed E-state index contributed by atoms with van der Waals surface area (Å²) in [6.07, 6.45) is 0. The maximum Gasteiger partial charge on any atom is 0.133 e. The van der Waals surface area contributed by atoms with Crippen LogP contribution < -0.4 is 9.47 Å². The molecule has 120 valence electrons. The van der Waals surface area contributed by atoms with Crippen LogP contribution >= 0.6 is 0 Å². The topological polar surface area (TPSA) is 58.9 Å². The highest BCUT2D eigenvalue weighted by Crippen LogP contribution is 2.25. The third-order valence-corrected chi connectivity index (χ3v) is 2.26. The first kappa shape index (κ1) is 17.9. The average Bonchev–Trinajstić information content (AvgIpc) is 2.46. The first-order chi connectivity index (χ1) is 10.6. The summed E-state index contributed by atoms with van der Waals surface area (Å²) < 4.78 is 36.4. The Labute approximate surface area is 127 Å². The lowest BCUT2D eigenvalue weighted by atomic mass is 10.3. The molecular weight excluding hydrogens is 294 g/mol. The summed E-state index contributed by atoms with van der Waals surface area (Å²) in [7, 11) is 0. The highest BCUT2D eigenvalue weighted by atomic mass is 19.1. The summed E-state index contributed by atoms with van der Waals surface area (Å²) in [5, 5.41) is 16.2. The minimum Gasteiger partial charge on any atom is -0.491 e. The molecule has 2 aromatic carbocycles. The van der Waals surface area contributed by atoms with Crippen LogP contribution in [0.15, 0.2) is 42.5 Å². The fourth-order valence-corrected chi connectivity index (χ4v) is 1.49. The fourth-order valence-electron chi connectivity index (χ4n) is 1.49. The molecule has 6 heteroatoms. The van der Waals surface area contributed by atoms with Crippen LogP contribution in [0.25, 0.3) is 0 Å². The number of hydrogen-bond donors (Lipinski definition) is 2. The lowest BCUT2D eigenvalue weighted by Crippen LogP contribution is -2.01. The zero-order valence-electron chi connectivity index (χ0n) is 12.1. The third-order valence-electron chi connectivity index (χ3n) is 2.26. The van der Waals surface area contributed by atoms with Gasteiger partial charge in [-0.15, -0.1) is 0 Å². The molecule has 2 aromatic rings. The van der Waals surface area contributed by atoms with Gasteiger partial charge in [0.2, 0.25) is 0 Å². The van der Waals surface area contributed by atoms with E-state index >= 15 is 0 Å². The molecule has 0 spiro atoms. The van der Waals surface area contributed by atoms with Gasteiger partial charge >= 0.3 is 0 Å². The van der Waals surface area contributed by atoms with Crippen LogP contribution in [0.3, 0.4) is 0 Å². The molecule has 2 N–H and O–H groups in total. The van der Waals surface area contributed by atoms with Crippen molar-refractivity contribution in [1.82, 2.24) is 0 Å². The van der Waals surface area contributed by atoms with Crippen molar-refractivity contribution in [1.29, 1.82) is 0 Å². The van der Waals surface area contributed by atoms with E-state index in [1.807, 2.05) is 0 Å². The molecule has 0 aliphatic heterocycles. The lowest BCUT2D eigenvalue weighted by Gasteiger charge is -2.08. The number of benzene rings is 2. The number of aliphatic hydroxyl groups excluding tert-OH is 2. The van der Waals surface area contributed by atoms with Gasteiger partial charge in [0.1, 0.15) is 35.5 Å². The van der Waals surface area contributed by atoms with Crippen molar-refractivity contribution in [3.63, 3.8) is 0 Å². The second-order valence-corrected chi connectivity index (χ2v) is 4.07. The Hall–Kier alpha value is -2.18. The van der Waals surface area contributed by atoms with Gasteiger partial charge < -0.3 is 19.7 Å². The predicted octanol–water partition coefficient (Wildman–Crippen LogP) is 3.13. The Balaban J connectivity index is 0.000000745. The summed E-state index contributed by atoms with van der Waals surface area (Å²) in [5.74, 6) is -0.300. The molecule has 0 unspecified atom stereocenters. The molecule has 0 fully saturated rings. The summed E-state index contributed by atoms with van der Waals surface area (Å²) in [5.41, 5.74) is 0. The van der Waals surface area contributed by atoms with Gasteiger partial charge in [0.15, 0.2) is 0 Å². The van der Waals surface area contributed by atoms with Gasteiger partial charge in [0.05, 0.1) is 6.61 Å². The molecule has 0 amide bonds. The summed E-state index contributed by atoms with van der Waals surface area (Å²) in [6.45, 7) is 2.07. The molecular formula is C16H18F2O4. The standard InChI is InChI=1S/C14H12F2O3.C2H6O/c15-10-7-11(16)9-14(8-10)19-13-3-1-12(2-4-13)18-6-5-17;1-2-3/h1-4,7-9,17H,5-6H2;3H,2H2,1H3. The van der Waals surface area contributed by atoms with Gasteiger partial charge in [0.25, 0.3) is 0 Å². The second kappa shape index (κ2) is 9.70. The normalized spacial score (nSPS) is 9.68. The Bertz CT molecular complexity index is 538. The summed E-state index contributed by atoms with van der Waals surface area (Å²) in [6, 6.07) is 9.46. The van der Waals surface area contributed by atoms with E-state index in [0.29, 0.717) is 11.5 Å². The van der Waals surface area contributed by atoms with Crippen LogP contribution in [0.4, 0.5) is 8.78 Å². The van der Waals surface area contributed by atoms with E-state index in [0.717, 1.165) is 18.2 Å². The Morgan fingerprint density at radius 3 is 1.86 bits per heavy atom. The lowest BCUT2D eigenvalue weighted by molar-refractivity contribution is 0.201. The van der Waals surface area contributed by atoms with E-state index in [2.05, 4.69) is 0 Å². The van der Waals surface area contributed by atoms with Gasteiger partial charge in [-0.05, 0) is 31.2 Å². The highest BCUT2D eigenvalue weighted by Gasteiger charge is 2.03. The number of aliphatic hydroxyl groups is 2. The molecule has 0 radical (unpaired) electrons. The number of halogens is 2. The van der Waals surface area contributed by atoms with E-state index in [-0.39, 0.29) is 25.6 Å². The van der Waals surface area contributed by atoms with Gasteiger partial charge in [-0.2, -0.15) is 0 Å². The molecule has 0 bridgehead atoms. The molecule has 4 nitrogen and oxygen atoms in total. The van der Waals surface area contributed by atoms with Crippen molar-refractivity contribution in [2.24, 2.45) is 0 Å². The molecule has 0 heterocycles. The van der Waals surface area contributed by atoms with E-state index in [9.17, 15) is 8.78 Å². The van der Waals surface area contributed by atoms with Crippen LogP contribution in [-0.4, -0.2) is 30.0 Å². The highest BCUT2D eigenvalue weighted by molar-refractivity contribution is 5.35. The quantitative estimate of drug-likeness (QED) is 0.890. The molecule has 0 atom stereocenters. The van der Waals surface area contributed by atoms with Gasteiger partial charge in [-0.1, -0.05) is 0 Å². The summed E-state index contributed by atoms with van der Waals surface area (Å²) in [4.78, 5) is 0. The SMILES string of the molecule is CCO.OCCOc1ccc(Oc2cc(F)cc(F)c2)cc1. The number of rotatable bonds is 5. The van der Waals surface area contributed by atoms with Gasteiger partial charge in [-0.25, -0.2) is 8.78 Å². The van der Waals surface area contributed by atoms with E-state index in [1.165, 1.54) is 0 Å². The maximum atomic E-state index is 13.0. The molecule has 2 rings (SSSR count). The minimum atomic E-state index is -0.696. The molecule has 0 saturated carbocycles. The van der Waals surface area contributed by atoms with Crippen LogP contribution in [0.5, 0.6) is 17.2 Å². The van der Waals surface area contributed by atoms with Crippen LogP contribution in [0.1, 0.15) is 6.92 Å². The van der Waals surface area contributed by atoms with Crippen molar-refractivity contribution >= 4 is 0 Å². The summed E-state index contributed by atoms with van der Waals surface area (Å²) >= 11 is 0. The van der Waals surface area contributed by atoms with Gasteiger partial charge in [0, 0.05) is 24.8 Å². The van der Waals surface area contributed by atoms with E-state index < -0.39 is 11.6 Å². The first-order valence-electron chi connectivity index (χ1n) is 6.67. The second-order valence-electron chi connectivity index (χ2n) is 4.07. The number of ether oxygens (including phenoxy) is 2. The van der Waals surface area contributed by atoms with E-state index in [1.54, 1.807) is 31.2 Å². The Morgan fingerprint density at radius 2 is 1.36 bits per heavy atom. The molecule has 0 aromatic heterocycles. The third kappa shape index (κ3) is 6.51. The van der Waals surface area contributed by atoms with Crippen molar-refractivity contribution in [3.8, 4) is 17.2 Å². The largest absolute Gasteiger partial charge is 0.491 e. The minimum absolute atomic E-state index is 0.0686. The average molecular weight is 312 g/mol. The fraction of sp³-hybridized carbons (Fsp3) is 0.250. The van der Waals surface area contributed by atoms with Crippen molar-refractivity contribution in [2.75, 3.05) is 19.8 Å². The van der Waals surface area contributed by atoms with Crippen LogP contribution in [0.2, 0.25) is 0 Å². The predicted molar refractivity (Wildman–Crippen MR) is 78.2 cm³/mol. The molecule has 0 aliphatic rings. The zero-order chi connectivity index (χ0) is 16.4.